The van der Waals surface area contributed by atoms with Crippen LogP contribution in [-0.2, 0) is 31.9 Å². The van der Waals surface area contributed by atoms with Gasteiger partial charge in [-0.1, -0.05) is 54.6 Å². The average Bonchev–Trinajstić information content (AvgIpc) is 3.03. The van der Waals surface area contributed by atoms with Crippen LogP contribution >= 0.6 is 12.4 Å². The standard InChI is InChI=1S/C34H36N2O10.ClH/c1-17-32(43-2)22(35)12-24(45-17)46-23-14-34(42,16-44-33(41)36-15-18-8-4-3-5-9-18)13-21-25(23)31(40)27-26(30(21)39)28(37)19-10-6-7-11-20(19)29(27)38;/h3-11,17,22-24,32,39-40,42H,12-16,35H2,1-2H3,(H,36,41);1H/t17-,22+,23+,24+,32+,34?;/m1./s1. The number of methoxy groups -OCH3 is 1. The van der Waals surface area contributed by atoms with E-state index in [1.54, 1.807) is 19.1 Å². The molecule has 6 N–H and O–H groups in total. The molecule has 0 bridgehead atoms. The van der Waals surface area contributed by atoms with Crippen LogP contribution in [0.1, 0.15) is 74.4 Å². The second-order valence-electron chi connectivity index (χ2n) is 12.1. The zero-order valence-electron chi connectivity index (χ0n) is 25.8. The highest BCUT2D eigenvalue weighted by Crippen LogP contribution is 2.52. The largest absolute Gasteiger partial charge is 0.507 e. The lowest BCUT2D eigenvalue weighted by atomic mass is 9.73. The Morgan fingerprint density at radius 2 is 1.64 bits per heavy atom. The van der Waals surface area contributed by atoms with E-state index >= 15 is 0 Å². The molecular weight excluding hydrogens is 632 g/mol. The van der Waals surface area contributed by atoms with Crippen molar-refractivity contribution in [2.24, 2.45) is 5.73 Å². The number of phenolic OH excluding ortho intramolecular Hbond substituents is 2. The first-order chi connectivity index (χ1) is 22.0. The number of aromatic hydroxyl groups is 2. The monoisotopic (exact) mass is 668 g/mol. The first-order valence-electron chi connectivity index (χ1n) is 15.1. The molecule has 1 fully saturated rings. The maximum atomic E-state index is 13.6. The second kappa shape index (κ2) is 13.6. The Kier molecular flexibility index (Phi) is 9.92. The quantitative estimate of drug-likeness (QED) is 0.182. The van der Waals surface area contributed by atoms with E-state index in [0.717, 1.165) is 5.56 Å². The van der Waals surface area contributed by atoms with Crippen LogP contribution in [0, 0.1) is 0 Å². The Morgan fingerprint density at radius 3 is 2.26 bits per heavy atom. The molecule has 0 radical (unpaired) electrons. The van der Waals surface area contributed by atoms with Gasteiger partial charge in [-0.25, -0.2) is 4.79 Å². The van der Waals surface area contributed by atoms with Gasteiger partial charge in [-0.15, -0.1) is 12.4 Å². The topological polar surface area (TPSA) is 187 Å². The van der Waals surface area contributed by atoms with Gasteiger partial charge in [0.05, 0.1) is 29.4 Å². The predicted octanol–water partition coefficient (Wildman–Crippen LogP) is 3.43. The molecule has 1 unspecified atom stereocenters. The van der Waals surface area contributed by atoms with Gasteiger partial charge >= 0.3 is 6.09 Å². The van der Waals surface area contributed by atoms with Gasteiger partial charge < -0.3 is 45.3 Å². The van der Waals surface area contributed by atoms with Gasteiger partial charge in [-0.3, -0.25) is 9.59 Å². The fraction of sp³-hybridized carbons (Fsp3) is 0.382. The van der Waals surface area contributed by atoms with Crippen LogP contribution in [0.15, 0.2) is 54.6 Å². The number of phenols is 2. The Balaban J connectivity index is 0.00000433. The summed E-state index contributed by atoms with van der Waals surface area (Å²) in [4.78, 5) is 39.8. The lowest BCUT2D eigenvalue weighted by molar-refractivity contribution is -0.251. The number of carbonyl (C=O) groups excluding carboxylic acids is 3. The second-order valence-corrected chi connectivity index (χ2v) is 12.1. The Morgan fingerprint density at radius 1 is 1.02 bits per heavy atom. The lowest BCUT2D eigenvalue weighted by Gasteiger charge is -2.43. The molecule has 250 valence electrons. The van der Waals surface area contributed by atoms with E-state index in [-0.39, 0.29) is 71.6 Å². The number of hydrogen-bond donors (Lipinski definition) is 5. The summed E-state index contributed by atoms with van der Waals surface area (Å²) in [5.41, 5.74) is 4.86. The number of alkyl carbamates (subject to hydrolysis) is 1. The van der Waals surface area contributed by atoms with Crippen molar-refractivity contribution >= 4 is 30.1 Å². The fourth-order valence-electron chi connectivity index (χ4n) is 6.72. The van der Waals surface area contributed by atoms with Crippen LogP contribution < -0.4 is 11.1 Å². The molecule has 6 rings (SSSR count). The summed E-state index contributed by atoms with van der Waals surface area (Å²) in [7, 11) is 1.53. The third-order valence-corrected chi connectivity index (χ3v) is 8.91. The number of amides is 1. The normalized spacial score (nSPS) is 26.3. The number of ketones is 2. The molecule has 47 heavy (non-hydrogen) atoms. The molecule has 3 aromatic carbocycles. The van der Waals surface area contributed by atoms with Gasteiger partial charge in [0.2, 0.25) is 0 Å². The van der Waals surface area contributed by atoms with Gasteiger partial charge in [0.15, 0.2) is 17.9 Å². The molecule has 6 atom stereocenters. The van der Waals surface area contributed by atoms with E-state index in [1.165, 1.54) is 19.2 Å². The molecule has 3 aliphatic rings. The third-order valence-electron chi connectivity index (χ3n) is 8.91. The summed E-state index contributed by atoms with van der Waals surface area (Å²) in [6.07, 6.45) is -4.05. The molecule has 0 spiro atoms. The summed E-state index contributed by atoms with van der Waals surface area (Å²) in [5, 5.41) is 37.7. The zero-order chi connectivity index (χ0) is 32.7. The average molecular weight is 669 g/mol. The molecule has 0 saturated carbocycles. The lowest BCUT2D eigenvalue weighted by Crippen LogP contribution is -2.53. The van der Waals surface area contributed by atoms with E-state index < -0.39 is 72.0 Å². The molecule has 1 aliphatic heterocycles. The Bertz CT molecular complexity index is 1670. The number of ether oxygens (including phenoxy) is 4. The van der Waals surface area contributed by atoms with Gasteiger partial charge in [-0.2, -0.15) is 0 Å². The smallest absolute Gasteiger partial charge is 0.407 e. The molecule has 3 aromatic rings. The Labute approximate surface area is 277 Å². The molecule has 1 heterocycles. The van der Waals surface area contributed by atoms with Gasteiger partial charge in [0, 0.05) is 61.2 Å². The van der Waals surface area contributed by atoms with Crippen molar-refractivity contribution in [3.05, 3.63) is 93.5 Å². The van der Waals surface area contributed by atoms with Gasteiger partial charge in [0.1, 0.15) is 23.7 Å². The predicted molar refractivity (Wildman–Crippen MR) is 170 cm³/mol. The number of hydrogen-bond acceptors (Lipinski definition) is 11. The zero-order valence-corrected chi connectivity index (χ0v) is 26.6. The number of halogens is 1. The minimum absolute atomic E-state index is 0. The number of aliphatic hydroxyl groups is 1. The van der Waals surface area contributed by atoms with E-state index in [4.69, 9.17) is 24.7 Å². The molecule has 2 aliphatic carbocycles. The van der Waals surface area contributed by atoms with E-state index in [1.807, 2.05) is 30.3 Å². The van der Waals surface area contributed by atoms with Crippen molar-refractivity contribution in [3.8, 4) is 11.5 Å². The number of fused-ring (bicyclic) bond motifs is 3. The third kappa shape index (κ3) is 6.45. The van der Waals surface area contributed by atoms with Crippen molar-refractivity contribution in [1.29, 1.82) is 0 Å². The van der Waals surface area contributed by atoms with Crippen molar-refractivity contribution in [3.63, 3.8) is 0 Å². The molecule has 0 aromatic heterocycles. The van der Waals surface area contributed by atoms with Crippen LogP contribution in [0.5, 0.6) is 11.5 Å². The summed E-state index contributed by atoms with van der Waals surface area (Å²) in [5.74, 6) is -2.38. The summed E-state index contributed by atoms with van der Waals surface area (Å²) in [6, 6.07) is 14.9. The number of nitrogens with two attached hydrogens (primary N) is 1. The highest BCUT2D eigenvalue weighted by Gasteiger charge is 2.48. The van der Waals surface area contributed by atoms with Crippen LogP contribution in [0.3, 0.4) is 0 Å². The summed E-state index contributed by atoms with van der Waals surface area (Å²) >= 11 is 0. The number of benzene rings is 3. The number of nitrogens with one attached hydrogen (secondary N) is 1. The van der Waals surface area contributed by atoms with Crippen LogP contribution in [0.4, 0.5) is 4.79 Å². The van der Waals surface area contributed by atoms with E-state index in [2.05, 4.69) is 5.32 Å². The van der Waals surface area contributed by atoms with Crippen LogP contribution in [-0.4, -0.2) is 76.8 Å². The molecule has 13 heteroatoms. The highest BCUT2D eigenvalue weighted by molar-refractivity contribution is 6.30. The fourth-order valence-corrected chi connectivity index (χ4v) is 6.72. The Hall–Kier alpha value is -4.04. The van der Waals surface area contributed by atoms with Gasteiger partial charge in [-0.05, 0) is 12.5 Å². The summed E-state index contributed by atoms with van der Waals surface area (Å²) in [6.45, 7) is 1.47. The first kappa shape index (κ1) is 34.3. The van der Waals surface area contributed by atoms with Crippen LogP contribution in [0.2, 0.25) is 0 Å². The minimum atomic E-state index is -1.81. The number of carbonyl (C=O) groups is 3. The van der Waals surface area contributed by atoms with Crippen LogP contribution in [0.25, 0.3) is 0 Å². The summed E-state index contributed by atoms with van der Waals surface area (Å²) < 4.78 is 23.2. The maximum Gasteiger partial charge on any atom is 0.407 e. The van der Waals surface area contributed by atoms with Gasteiger partial charge in [0.25, 0.3) is 0 Å². The van der Waals surface area contributed by atoms with E-state index in [0.29, 0.717) is 0 Å². The van der Waals surface area contributed by atoms with Crippen molar-refractivity contribution < 1.29 is 48.7 Å². The molecule has 12 nitrogen and oxygen atoms in total. The van der Waals surface area contributed by atoms with E-state index in [9.17, 15) is 29.7 Å². The molecule has 1 saturated heterocycles. The minimum Gasteiger partial charge on any atom is -0.507 e. The van der Waals surface area contributed by atoms with Crippen molar-refractivity contribution in [2.45, 2.75) is 69.0 Å². The molecule has 1 amide bonds. The number of rotatable bonds is 7. The highest BCUT2D eigenvalue weighted by atomic mass is 35.5. The van der Waals surface area contributed by atoms with Crippen molar-refractivity contribution in [1.82, 2.24) is 5.32 Å². The van der Waals surface area contributed by atoms with Crippen molar-refractivity contribution in [2.75, 3.05) is 13.7 Å². The molecular formula is C34H37ClN2O10. The first-order valence-corrected chi connectivity index (χ1v) is 15.1. The SMILES string of the molecule is CO[C@@H]1[C@@H](N)C[C@H](O[C@H]2CC(O)(COC(=O)NCc3ccccc3)Cc3c(O)c4c(c(O)c32)C(=O)c2ccccc2C4=O)O[C@@H]1C.Cl. The maximum absolute atomic E-state index is 13.6.